The molecule has 1 aliphatic rings. The Hall–Kier alpha value is 0.0169. The highest BCUT2D eigenvalue weighted by atomic mass is 28.4. The molecule has 0 aromatic heterocycles. The van der Waals surface area contributed by atoms with Gasteiger partial charge >= 0.3 is 8.80 Å². The van der Waals surface area contributed by atoms with Crippen LogP contribution in [0.15, 0.2) is 0 Å². The molecule has 6 heteroatoms. The molecule has 0 bridgehead atoms. The third-order valence-corrected chi connectivity index (χ3v) is 7.39. The van der Waals surface area contributed by atoms with Gasteiger partial charge in [0.15, 0.2) is 0 Å². The number of hydrogen-bond acceptors (Lipinski definition) is 5. The minimum Gasteiger partial charge on any atom is -0.379 e. The minimum absolute atomic E-state index is 0.164. The SMILES string of the molecule is CCCC(C)(CCC)O[Si](CCCOCC1CO1)(OCC)OCC. The molecule has 1 fully saturated rings. The van der Waals surface area contributed by atoms with Gasteiger partial charge in [-0.1, -0.05) is 26.7 Å². The van der Waals surface area contributed by atoms with Crippen LogP contribution in [0.1, 0.15) is 66.7 Å². The van der Waals surface area contributed by atoms with Gasteiger partial charge in [-0.2, -0.15) is 0 Å². The van der Waals surface area contributed by atoms with Gasteiger partial charge in [0.25, 0.3) is 0 Å². The van der Waals surface area contributed by atoms with E-state index in [1.807, 2.05) is 13.8 Å². The molecule has 0 radical (unpaired) electrons. The molecular weight excluding hydrogens is 324 g/mol. The highest BCUT2D eigenvalue weighted by Crippen LogP contribution is 2.31. The normalized spacial score (nSPS) is 18.1. The molecule has 1 saturated heterocycles. The van der Waals surface area contributed by atoms with E-state index in [1.54, 1.807) is 0 Å². The maximum Gasteiger partial charge on any atom is 0.501 e. The standard InChI is InChI=1S/C18H38O5Si/c1-6-11-18(5,12-7-2)23-24(21-8-3,22-9-4)14-10-13-19-15-17-16-20-17/h17H,6-16H2,1-5H3. The summed E-state index contributed by atoms with van der Waals surface area (Å²) in [5.41, 5.74) is -0.164. The van der Waals surface area contributed by atoms with Crippen molar-refractivity contribution in [1.82, 2.24) is 0 Å². The zero-order chi connectivity index (χ0) is 17.9. The van der Waals surface area contributed by atoms with Crippen LogP contribution in [0.5, 0.6) is 0 Å². The van der Waals surface area contributed by atoms with Crippen LogP contribution in [0.2, 0.25) is 6.04 Å². The Labute approximate surface area is 149 Å². The lowest BCUT2D eigenvalue weighted by Crippen LogP contribution is -2.52. The molecule has 0 aromatic rings. The van der Waals surface area contributed by atoms with Gasteiger partial charge in [-0.25, -0.2) is 0 Å². The molecule has 0 amide bonds. The van der Waals surface area contributed by atoms with Gasteiger partial charge in [0.1, 0.15) is 6.10 Å². The molecule has 5 nitrogen and oxygen atoms in total. The summed E-state index contributed by atoms with van der Waals surface area (Å²) in [6.45, 7) is 14.1. The predicted octanol–water partition coefficient (Wildman–Crippen LogP) is 4.18. The first-order valence-electron chi connectivity index (χ1n) is 9.70. The Morgan fingerprint density at radius 1 is 1.04 bits per heavy atom. The van der Waals surface area contributed by atoms with Crippen molar-refractivity contribution in [2.45, 2.75) is 84.5 Å². The number of ether oxygens (including phenoxy) is 2. The van der Waals surface area contributed by atoms with Gasteiger partial charge in [-0.05, 0) is 40.0 Å². The summed E-state index contributed by atoms with van der Waals surface area (Å²) in [6, 6.07) is 0.809. The van der Waals surface area contributed by atoms with Gasteiger partial charge in [0.2, 0.25) is 0 Å². The lowest BCUT2D eigenvalue weighted by atomic mass is 9.95. The van der Waals surface area contributed by atoms with E-state index in [0.717, 1.165) is 44.8 Å². The maximum atomic E-state index is 6.64. The van der Waals surface area contributed by atoms with Crippen LogP contribution in [0.3, 0.4) is 0 Å². The topological polar surface area (TPSA) is 49.5 Å². The summed E-state index contributed by atoms with van der Waals surface area (Å²) in [4.78, 5) is 0. The summed E-state index contributed by atoms with van der Waals surface area (Å²) in [5, 5.41) is 0. The quantitative estimate of drug-likeness (QED) is 0.234. The van der Waals surface area contributed by atoms with E-state index in [2.05, 4.69) is 20.8 Å². The van der Waals surface area contributed by atoms with E-state index < -0.39 is 8.80 Å². The molecule has 0 aliphatic carbocycles. The minimum atomic E-state index is -2.68. The molecule has 0 aromatic carbocycles. The molecule has 144 valence electrons. The van der Waals surface area contributed by atoms with Crippen LogP contribution in [-0.2, 0) is 22.8 Å². The smallest absolute Gasteiger partial charge is 0.379 e. The lowest BCUT2D eigenvalue weighted by molar-refractivity contribution is -0.0312. The second-order valence-corrected chi connectivity index (χ2v) is 9.38. The van der Waals surface area contributed by atoms with Crippen LogP contribution < -0.4 is 0 Å². The average Bonchev–Trinajstić information content (AvgIpc) is 3.32. The van der Waals surface area contributed by atoms with Gasteiger partial charge in [-0.3, -0.25) is 0 Å². The van der Waals surface area contributed by atoms with E-state index in [0.29, 0.717) is 32.5 Å². The molecular formula is C18H38O5Si. The Balaban J connectivity index is 2.62. The fraction of sp³-hybridized carbons (Fsp3) is 1.00. The van der Waals surface area contributed by atoms with Crippen molar-refractivity contribution in [3.05, 3.63) is 0 Å². The van der Waals surface area contributed by atoms with Crippen molar-refractivity contribution in [3.63, 3.8) is 0 Å². The largest absolute Gasteiger partial charge is 0.501 e. The van der Waals surface area contributed by atoms with Crippen LogP contribution in [0.25, 0.3) is 0 Å². The average molecular weight is 363 g/mol. The number of epoxide rings is 1. The Morgan fingerprint density at radius 2 is 1.62 bits per heavy atom. The van der Waals surface area contributed by atoms with E-state index in [9.17, 15) is 0 Å². The monoisotopic (exact) mass is 362 g/mol. The Kier molecular flexibility index (Phi) is 10.7. The van der Waals surface area contributed by atoms with E-state index in [1.165, 1.54) is 0 Å². The van der Waals surface area contributed by atoms with Crippen molar-refractivity contribution in [3.8, 4) is 0 Å². The third kappa shape index (κ3) is 8.40. The lowest BCUT2D eigenvalue weighted by Gasteiger charge is -2.39. The summed E-state index contributed by atoms with van der Waals surface area (Å²) < 4.78 is 29.7. The third-order valence-electron chi connectivity index (χ3n) is 4.17. The molecule has 1 heterocycles. The molecule has 0 saturated carbocycles. The zero-order valence-corrected chi connectivity index (χ0v) is 17.4. The Bertz CT molecular complexity index is 311. The van der Waals surface area contributed by atoms with Gasteiger partial charge in [0, 0.05) is 25.9 Å². The predicted molar refractivity (Wildman–Crippen MR) is 98.3 cm³/mol. The van der Waals surface area contributed by atoms with Crippen molar-refractivity contribution >= 4 is 8.80 Å². The van der Waals surface area contributed by atoms with Crippen LogP contribution in [0.4, 0.5) is 0 Å². The second-order valence-electron chi connectivity index (χ2n) is 6.73. The van der Waals surface area contributed by atoms with Crippen molar-refractivity contribution < 1.29 is 22.8 Å². The summed E-state index contributed by atoms with van der Waals surface area (Å²) >= 11 is 0. The highest BCUT2D eigenvalue weighted by molar-refractivity contribution is 6.60. The highest BCUT2D eigenvalue weighted by Gasteiger charge is 2.45. The molecule has 0 spiro atoms. The van der Waals surface area contributed by atoms with Gasteiger partial charge in [-0.15, -0.1) is 0 Å². The Morgan fingerprint density at radius 3 is 2.08 bits per heavy atom. The molecule has 1 aliphatic heterocycles. The first-order chi connectivity index (χ1) is 11.5. The summed E-state index contributed by atoms with van der Waals surface area (Å²) in [7, 11) is -2.68. The summed E-state index contributed by atoms with van der Waals surface area (Å²) in [5.74, 6) is 0. The molecule has 1 atom stereocenters. The molecule has 1 unspecified atom stereocenters. The first kappa shape index (κ1) is 22.1. The zero-order valence-electron chi connectivity index (χ0n) is 16.4. The van der Waals surface area contributed by atoms with Crippen molar-refractivity contribution in [2.24, 2.45) is 0 Å². The van der Waals surface area contributed by atoms with Gasteiger partial charge in [0.05, 0.1) is 18.8 Å². The number of hydrogen-bond donors (Lipinski definition) is 0. The molecule has 24 heavy (non-hydrogen) atoms. The van der Waals surface area contributed by atoms with Crippen LogP contribution in [-0.4, -0.2) is 53.5 Å². The summed E-state index contributed by atoms with van der Waals surface area (Å²) in [6.07, 6.45) is 5.48. The van der Waals surface area contributed by atoms with E-state index in [4.69, 9.17) is 22.8 Å². The van der Waals surface area contributed by atoms with E-state index in [-0.39, 0.29) is 5.60 Å². The van der Waals surface area contributed by atoms with Crippen molar-refractivity contribution in [1.29, 1.82) is 0 Å². The fourth-order valence-corrected chi connectivity index (χ4v) is 6.17. The number of rotatable bonds is 16. The van der Waals surface area contributed by atoms with Gasteiger partial charge < -0.3 is 22.8 Å². The van der Waals surface area contributed by atoms with Crippen LogP contribution >= 0.6 is 0 Å². The van der Waals surface area contributed by atoms with Crippen LogP contribution in [0, 0.1) is 0 Å². The molecule has 0 N–H and O–H groups in total. The first-order valence-corrected chi connectivity index (χ1v) is 11.6. The fourth-order valence-electron chi connectivity index (χ4n) is 3.17. The van der Waals surface area contributed by atoms with Crippen molar-refractivity contribution in [2.75, 3.05) is 33.0 Å². The molecule has 1 rings (SSSR count). The second kappa shape index (κ2) is 11.6. The van der Waals surface area contributed by atoms with E-state index >= 15 is 0 Å². The maximum absolute atomic E-state index is 6.64.